The van der Waals surface area contributed by atoms with Gasteiger partial charge in [-0.1, -0.05) is 19.1 Å². The fourth-order valence-corrected chi connectivity index (χ4v) is 5.55. The minimum absolute atomic E-state index is 0.235. The molecular formula is C23H24N2O5S. The number of imide groups is 1. The summed E-state index contributed by atoms with van der Waals surface area (Å²) in [4.78, 5) is 53.2. The molecule has 0 radical (unpaired) electrons. The molecule has 3 amide bonds. The van der Waals surface area contributed by atoms with Gasteiger partial charge in [0.15, 0.2) is 0 Å². The summed E-state index contributed by atoms with van der Waals surface area (Å²) in [6, 6.07) is 5.49. The molecule has 0 bridgehead atoms. The molecule has 2 atom stereocenters. The van der Waals surface area contributed by atoms with Gasteiger partial charge in [-0.15, -0.1) is 11.3 Å². The number of fused-ring (bicyclic) bond motifs is 2. The second-order valence-corrected chi connectivity index (χ2v) is 9.07. The van der Waals surface area contributed by atoms with Crippen LogP contribution in [-0.4, -0.2) is 41.2 Å². The molecular weight excluding hydrogens is 416 g/mol. The molecule has 7 nitrogen and oxygen atoms in total. The molecule has 31 heavy (non-hydrogen) atoms. The first-order valence-corrected chi connectivity index (χ1v) is 11.2. The van der Waals surface area contributed by atoms with Crippen molar-refractivity contribution in [2.75, 3.05) is 11.9 Å². The highest BCUT2D eigenvalue weighted by Crippen LogP contribution is 2.40. The molecule has 4 rings (SSSR count). The van der Waals surface area contributed by atoms with Crippen LogP contribution in [-0.2, 0) is 22.4 Å². The lowest BCUT2D eigenvalue weighted by Gasteiger charge is -2.21. The van der Waals surface area contributed by atoms with E-state index >= 15 is 0 Å². The zero-order chi connectivity index (χ0) is 22.3. The van der Waals surface area contributed by atoms with E-state index in [1.54, 1.807) is 31.2 Å². The van der Waals surface area contributed by atoms with Crippen LogP contribution in [0.2, 0.25) is 0 Å². The van der Waals surface area contributed by atoms with Gasteiger partial charge in [0.25, 0.3) is 11.8 Å². The van der Waals surface area contributed by atoms with Gasteiger partial charge < -0.3 is 10.1 Å². The number of carbonyl (C=O) groups is 4. The van der Waals surface area contributed by atoms with Crippen LogP contribution < -0.4 is 5.32 Å². The minimum atomic E-state index is -1.03. The number of esters is 1. The number of nitrogens with zero attached hydrogens (tertiary/aromatic N) is 1. The number of nitrogens with one attached hydrogen (secondary N) is 1. The summed E-state index contributed by atoms with van der Waals surface area (Å²) in [5.41, 5.74) is 1.92. The first-order chi connectivity index (χ1) is 14.8. The number of amides is 3. The second kappa shape index (κ2) is 8.26. The number of benzene rings is 1. The summed E-state index contributed by atoms with van der Waals surface area (Å²) in [5.74, 6) is -1.46. The second-order valence-electron chi connectivity index (χ2n) is 7.97. The summed E-state index contributed by atoms with van der Waals surface area (Å²) in [6.07, 6.45) is 2.57. The molecule has 2 heterocycles. The summed E-state index contributed by atoms with van der Waals surface area (Å²) >= 11 is 1.38. The Hall–Kier alpha value is -3.00. The molecule has 8 heteroatoms. The molecule has 162 valence electrons. The monoisotopic (exact) mass is 440 g/mol. The van der Waals surface area contributed by atoms with Crippen LogP contribution in [0.25, 0.3) is 0 Å². The van der Waals surface area contributed by atoms with E-state index in [9.17, 15) is 19.2 Å². The first kappa shape index (κ1) is 21.2. The lowest BCUT2D eigenvalue weighted by molar-refractivity contribution is -0.119. The van der Waals surface area contributed by atoms with E-state index in [0.29, 0.717) is 27.6 Å². The summed E-state index contributed by atoms with van der Waals surface area (Å²) < 4.78 is 5.24. The SMILES string of the molecule is CCOC(=O)c1c(NC(=O)[C@@H](C)N2C(=O)c3ccccc3C2=O)sc2c1CC[C@H](C)C2. The topological polar surface area (TPSA) is 92.8 Å². The molecule has 1 aromatic carbocycles. The van der Waals surface area contributed by atoms with Crippen LogP contribution in [0.4, 0.5) is 5.00 Å². The van der Waals surface area contributed by atoms with Gasteiger partial charge >= 0.3 is 5.97 Å². The molecule has 0 saturated heterocycles. The maximum Gasteiger partial charge on any atom is 0.341 e. The number of anilines is 1. The average Bonchev–Trinajstić information content (AvgIpc) is 3.22. The predicted octanol–water partition coefficient (Wildman–Crippen LogP) is 3.67. The number of hydrogen-bond donors (Lipinski definition) is 1. The maximum atomic E-state index is 13.0. The smallest absolute Gasteiger partial charge is 0.341 e. The van der Waals surface area contributed by atoms with Crippen molar-refractivity contribution in [2.45, 2.75) is 46.1 Å². The molecule has 1 aromatic heterocycles. The summed E-state index contributed by atoms with van der Waals surface area (Å²) in [6.45, 7) is 5.64. The lowest BCUT2D eigenvalue weighted by atomic mass is 9.88. The fourth-order valence-electron chi connectivity index (χ4n) is 4.15. The largest absolute Gasteiger partial charge is 0.462 e. The normalized spacial score (nSPS) is 18.4. The Kier molecular flexibility index (Phi) is 5.66. The van der Waals surface area contributed by atoms with E-state index in [1.807, 2.05) is 0 Å². The van der Waals surface area contributed by atoms with Crippen LogP contribution in [0.5, 0.6) is 0 Å². The van der Waals surface area contributed by atoms with Crippen LogP contribution in [0.1, 0.15) is 68.7 Å². The Balaban J connectivity index is 1.61. The van der Waals surface area contributed by atoms with Crippen LogP contribution >= 0.6 is 11.3 Å². The Morgan fingerprint density at radius 3 is 2.48 bits per heavy atom. The molecule has 0 saturated carbocycles. The zero-order valence-corrected chi connectivity index (χ0v) is 18.5. The van der Waals surface area contributed by atoms with Gasteiger partial charge in [-0.3, -0.25) is 19.3 Å². The molecule has 0 unspecified atom stereocenters. The Morgan fingerprint density at radius 1 is 1.23 bits per heavy atom. The molecule has 0 fully saturated rings. The van der Waals surface area contributed by atoms with Gasteiger partial charge in [0, 0.05) is 4.88 Å². The van der Waals surface area contributed by atoms with Crippen molar-refractivity contribution in [1.82, 2.24) is 4.90 Å². The molecule has 1 aliphatic carbocycles. The van der Waals surface area contributed by atoms with Crippen molar-refractivity contribution in [1.29, 1.82) is 0 Å². The average molecular weight is 441 g/mol. The third kappa shape index (κ3) is 3.65. The molecule has 2 aliphatic rings. The first-order valence-electron chi connectivity index (χ1n) is 10.4. The third-order valence-corrected chi connectivity index (χ3v) is 6.99. The highest BCUT2D eigenvalue weighted by atomic mass is 32.1. The highest BCUT2D eigenvalue weighted by Gasteiger charge is 2.41. The number of thiophene rings is 1. The Morgan fingerprint density at radius 2 is 1.87 bits per heavy atom. The molecule has 1 N–H and O–H groups in total. The van der Waals surface area contributed by atoms with Crippen molar-refractivity contribution < 1.29 is 23.9 Å². The van der Waals surface area contributed by atoms with Crippen molar-refractivity contribution in [3.63, 3.8) is 0 Å². The number of ether oxygens (including phenoxy) is 1. The van der Waals surface area contributed by atoms with Gasteiger partial charge in [0.05, 0.1) is 23.3 Å². The van der Waals surface area contributed by atoms with E-state index in [-0.39, 0.29) is 6.61 Å². The number of carbonyl (C=O) groups excluding carboxylic acids is 4. The van der Waals surface area contributed by atoms with Crippen molar-refractivity contribution in [3.8, 4) is 0 Å². The van der Waals surface area contributed by atoms with Gasteiger partial charge in [-0.25, -0.2) is 4.79 Å². The van der Waals surface area contributed by atoms with Crippen LogP contribution in [0.3, 0.4) is 0 Å². The van der Waals surface area contributed by atoms with E-state index in [2.05, 4.69) is 12.2 Å². The highest BCUT2D eigenvalue weighted by molar-refractivity contribution is 7.17. The lowest BCUT2D eigenvalue weighted by Crippen LogP contribution is -2.45. The molecule has 1 aliphatic heterocycles. The third-order valence-electron chi connectivity index (χ3n) is 5.82. The molecule has 0 spiro atoms. The minimum Gasteiger partial charge on any atom is -0.462 e. The predicted molar refractivity (Wildman–Crippen MR) is 116 cm³/mol. The number of hydrogen-bond acceptors (Lipinski definition) is 6. The summed E-state index contributed by atoms with van der Waals surface area (Å²) in [7, 11) is 0. The molecule has 2 aromatic rings. The standard InChI is InChI=1S/C23H24N2O5S/c1-4-30-23(29)18-16-10-9-12(2)11-17(16)31-20(18)24-19(26)13(3)25-21(27)14-7-5-6-8-15(14)22(25)28/h5-8,12-13H,4,9-11H2,1-3H3,(H,24,26)/t12-,13+/m0/s1. The number of rotatable bonds is 5. The van der Waals surface area contributed by atoms with Gasteiger partial charge in [0.1, 0.15) is 11.0 Å². The van der Waals surface area contributed by atoms with E-state index in [0.717, 1.165) is 34.6 Å². The maximum absolute atomic E-state index is 13.0. The van der Waals surface area contributed by atoms with E-state index in [4.69, 9.17) is 4.74 Å². The van der Waals surface area contributed by atoms with Crippen molar-refractivity contribution in [3.05, 3.63) is 51.4 Å². The summed E-state index contributed by atoms with van der Waals surface area (Å²) in [5, 5.41) is 3.22. The Bertz CT molecular complexity index is 1050. The van der Waals surface area contributed by atoms with Gasteiger partial charge in [-0.2, -0.15) is 0 Å². The van der Waals surface area contributed by atoms with Crippen LogP contribution in [0, 0.1) is 5.92 Å². The van der Waals surface area contributed by atoms with Crippen molar-refractivity contribution in [2.24, 2.45) is 5.92 Å². The zero-order valence-electron chi connectivity index (χ0n) is 17.7. The van der Waals surface area contributed by atoms with Gasteiger partial charge in [-0.05, 0) is 56.7 Å². The van der Waals surface area contributed by atoms with E-state index < -0.39 is 29.7 Å². The van der Waals surface area contributed by atoms with Crippen LogP contribution in [0.15, 0.2) is 24.3 Å². The Labute approximate surface area is 184 Å². The fraction of sp³-hybridized carbons (Fsp3) is 0.391. The van der Waals surface area contributed by atoms with Gasteiger partial charge in [0.2, 0.25) is 5.91 Å². The quantitative estimate of drug-likeness (QED) is 0.566. The van der Waals surface area contributed by atoms with Crippen molar-refractivity contribution >= 4 is 40.0 Å². The van der Waals surface area contributed by atoms with E-state index in [1.165, 1.54) is 18.3 Å².